The van der Waals surface area contributed by atoms with Crippen molar-refractivity contribution in [2.45, 2.75) is 12.6 Å². The molecule has 4 heteroatoms. The highest BCUT2D eigenvalue weighted by Gasteiger charge is 2.45. The largest absolute Gasteiger partial charge is 0.326 e. The molecule has 2 aromatic carbocycles. The Morgan fingerprint density at radius 3 is 2.71 bits per heavy atom. The van der Waals surface area contributed by atoms with Crippen molar-refractivity contribution in [3.05, 3.63) is 60.4 Å². The highest BCUT2D eigenvalue weighted by molar-refractivity contribution is 5.76. The minimum Gasteiger partial charge on any atom is -0.326 e. The molecule has 1 fully saturated rings. The van der Waals surface area contributed by atoms with Crippen LogP contribution in [0.2, 0.25) is 0 Å². The van der Waals surface area contributed by atoms with E-state index < -0.39 is 0 Å². The van der Waals surface area contributed by atoms with Crippen LogP contribution in [0.15, 0.2) is 54.6 Å². The van der Waals surface area contributed by atoms with Crippen molar-refractivity contribution in [3.8, 4) is 0 Å². The molecule has 0 amide bonds. The van der Waals surface area contributed by atoms with Crippen molar-refractivity contribution in [1.29, 1.82) is 0 Å². The van der Waals surface area contributed by atoms with Crippen LogP contribution in [0.1, 0.15) is 11.9 Å². The summed E-state index contributed by atoms with van der Waals surface area (Å²) < 4.78 is 2.35. The molecule has 1 saturated heterocycles. The fraction of sp³-hybridized carbons (Fsp3) is 0.235. The van der Waals surface area contributed by atoms with Crippen molar-refractivity contribution in [2.75, 3.05) is 11.7 Å². The van der Waals surface area contributed by atoms with E-state index >= 15 is 0 Å². The number of para-hydroxylation sites is 3. The smallest absolute Gasteiger partial charge is 0.135 e. The third-order valence-electron chi connectivity index (χ3n) is 4.50. The lowest BCUT2D eigenvalue weighted by atomic mass is 10.0. The zero-order chi connectivity index (χ0) is 13.8. The summed E-state index contributed by atoms with van der Waals surface area (Å²) in [6.45, 7) is 1.75. The molecule has 0 radical (unpaired) electrons. The van der Waals surface area contributed by atoms with Crippen LogP contribution in [0.5, 0.6) is 0 Å². The number of hydrogen-bond acceptors (Lipinski definition) is 3. The topological polar surface area (TPSA) is 30.3 Å². The van der Waals surface area contributed by atoms with Gasteiger partial charge in [-0.2, -0.15) is 0 Å². The van der Waals surface area contributed by atoms with Crippen LogP contribution in [-0.2, 0) is 11.4 Å². The number of hydrogen-bond donors (Lipinski definition) is 0. The van der Waals surface area contributed by atoms with Gasteiger partial charge in [-0.25, -0.2) is 10.0 Å². The molecular formula is C17H15N3O. The van der Waals surface area contributed by atoms with Crippen LogP contribution >= 0.6 is 0 Å². The number of imidazole rings is 1. The molecule has 0 spiro atoms. The summed E-state index contributed by atoms with van der Waals surface area (Å²) in [7, 11) is 0. The molecule has 0 unspecified atom stereocenters. The van der Waals surface area contributed by atoms with Gasteiger partial charge >= 0.3 is 0 Å². The molecule has 4 nitrogen and oxygen atoms in total. The summed E-state index contributed by atoms with van der Waals surface area (Å²) in [4.78, 5) is 10.8. The quantitative estimate of drug-likeness (QED) is 0.684. The first-order chi connectivity index (χ1) is 10.4. The zero-order valence-corrected chi connectivity index (χ0v) is 11.5. The monoisotopic (exact) mass is 277 g/mol. The minimum absolute atomic E-state index is 0.222. The van der Waals surface area contributed by atoms with Gasteiger partial charge in [0.25, 0.3) is 0 Å². The average Bonchev–Trinajstić information content (AvgIpc) is 3.18. The van der Waals surface area contributed by atoms with E-state index in [0.717, 1.165) is 30.2 Å². The Labute approximate surface area is 122 Å². The maximum Gasteiger partial charge on any atom is 0.135 e. The molecule has 1 aromatic heterocycles. The van der Waals surface area contributed by atoms with E-state index in [1.54, 1.807) is 0 Å². The number of aromatic nitrogens is 2. The summed E-state index contributed by atoms with van der Waals surface area (Å²) in [5, 5.41) is 2.04. The first-order valence-corrected chi connectivity index (χ1v) is 7.34. The maximum atomic E-state index is 5.94. The van der Waals surface area contributed by atoms with Crippen LogP contribution in [0.3, 0.4) is 0 Å². The van der Waals surface area contributed by atoms with Gasteiger partial charge in [0.1, 0.15) is 11.9 Å². The van der Waals surface area contributed by atoms with Gasteiger partial charge in [-0.05, 0) is 24.3 Å². The summed E-state index contributed by atoms with van der Waals surface area (Å²) >= 11 is 0. The third kappa shape index (κ3) is 1.51. The van der Waals surface area contributed by atoms with E-state index in [2.05, 4.69) is 34.9 Å². The van der Waals surface area contributed by atoms with E-state index in [1.807, 2.05) is 29.3 Å². The third-order valence-corrected chi connectivity index (χ3v) is 4.50. The molecule has 3 heterocycles. The van der Waals surface area contributed by atoms with Crippen molar-refractivity contribution >= 4 is 16.7 Å². The lowest BCUT2D eigenvalue weighted by Crippen LogP contribution is -2.22. The molecule has 3 aromatic rings. The van der Waals surface area contributed by atoms with Gasteiger partial charge in [0, 0.05) is 12.5 Å². The first kappa shape index (κ1) is 11.3. The summed E-state index contributed by atoms with van der Waals surface area (Å²) in [5.41, 5.74) is 3.41. The van der Waals surface area contributed by atoms with Gasteiger partial charge in [0.2, 0.25) is 0 Å². The fourth-order valence-electron chi connectivity index (χ4n) is 3.56. The fourth-order valence-corrected chi connectivity index (χ4v) is 3.56. The molecule has 2 aliphatic heterocycles. The zero-order valence-electron chi connectivity index (χ0n) is 11.5. The lowest BCUT2D eigenvalue weighted by Gasteiger charge is -2.22. The summed E-state index contributed by atoms with van der Waals surface area (Å²) in [5.74, 6) is 1.61. The van der Waals surface area contributed by atoms with Crippen molar-refractivity contribution in [3.63, 3.8) is 0 Å². The van der Waals surface area contributed by atoms with E-state index in [1.165, 1.54) is 5.52 Å². The molecule has 0 bridgehead atoms. The van der Waals surface area contributed by atoms with E-state index in [9.17, 15) is 0 Å². The second-order valence-electron chi connectivity index (χ2n) is 5.73. The van der Waals surface area contributed by atoms with Gasteiger partial charge in [-0.3, -0.25) is 4.84 Å². The molecule has 0 aliphatic carbocycles. The lowest BCUT2D eigenvalue weighted by molar-refractivity contribution is 0.147. The number of fused-ring (bicyclic) bond motifs is 5. The Bertz CT molecular complexity index is 811. The highest BCUT2D eigenvalue weighted by atomic mass is 16.7. The minimum atomic E-state index is 0.222. The maximum absolute atomic E-state index is 5.94. The molecule has 0 saturated carbocycles. The number of hydroxylamine groups is 1. The molecule has 2 aliphatic rings. The van der Waals surface area contributed by atoms with E-state index in [0.29, 0.717) is 5.92 Å². The highest BCUT2D eigenvalue weighted by Crippen LogP contribution is 2.44. The number of anilines is 1. The average molecular weight is 277 g/mol. The molecule has 21 heavy (non-hydrogen) atoms. The van der Waals surface area contributed by atoms with Crippen LogP contribution in [0.4, 0.5) is 5.69 Å². The van der Waals surface area contributed by atoms with Crippen LogP contribution < -0.4 is 5.06 Å². The Hall–Kier alpha value is -2.33. The van der Waals surface area contributed by atoms with Gasteiger partial charge in [0.05, 0.1) is 23.3 Å². The first-order valence-electron chi connectivity index (χ1n) is 7.34. The van der Waals surface area contributed by atoms with Crippen molar-refractivity contribution < 1.29 is 4.84 Å². The predicted molar refractivity (Wildman–Crippen MR) is 80.8 cm³/mol. The summed E-state index contributed by atoms with van der Waals surface area (Å²) in [6.07, 6.45) is 0. The summed E-state index contributed by atoms with van der Waals surface area (Å²) in [6, 6.07) is 18.9. The molecule has 2 atom stereocenters. The number of rotatable bonds is 1. The van der Waals surface area contributed by atoms with E-state index in [-0.39, 0.29) is 6.04 Å². The van der Waals surface area contributed by atoms with Gasteiger partial charge in [0.15, 0.2) is 0 Å². The predicted octanol–water partition coefficient (Wildman–Crippen LogP) is 3.16. The van der Waals surface area contributed by atoms with Gasteiger partial charge in [-0.15, -0.1) is 0 Å². The molecule has 104 valence electrons. The van der Waals surface area contributed by atoms with Crippen molar-refractivity contribution in [1.82, 2.24) is 9.55 Å². The van der Waals surface area contributed by atoms with E-state index in [4.69, 9.17) is 9.82 Å². The Morgan fingerprint density at radius 1 is 1.00 bits per heavy atom. The van der Waals surface area contributed by atoms with Crippen molar-refractivity contribution in [2.24, 2.45) is 5.92 Å². The Morgan fingerprint density at radius 2 is 1.81 bits per heavy atom. The Balaban J connectivity index is 1.65. The van der Waals surface area contributed by atoms with Crippen LogP contribution in [-0.4, -0.2) is 16.2 Å². The second-order valence-corrected chi connectivity index (χ2v) is 5.73. The van der Waals surface area contributed by atoms with Gasteiger partial charge in [-0.1, -0.05) is 30.3 Å². The normalized spacial score (nSPS) is 23.5. The SMILES string of the molecule is c1ccc(N2OC[C@@H]3Cn4c(nc5ccccc54)[C@@H]32)cc1. The molecule has 0 N–H and O–H groups in total. The van der Waals surface area contributed by atoms with Crippen LogP contribution in [0, 0.1) is 5.92 Å². The standard InChI is InChI=1S/C17H15N3O/c1-2-6-13(7-3-1)20-16-12(11-21-20)10-19-15-9-5-4-8-14(15)18-17(16)19/h1-9,12,16H,10-11H2/t12-,16+/m0/s1. The van der Waals surface area contributed by atoms with Crippen LogP contribution in [0.25, 0.3) is 11.0 Å². The second kappa shape index (κ2) is 4.09. The Kier molecular flexibility index (Phi) is 2.21. The van der Waals surface area contributed by atoms with Gasteiger partial charge < -0.3 is 4.57 Å². The molecular weight excluding hydrogens is 262 g/mol. The molecule has 5 rings (SSSR count). The number of nitrogens with zero attached hydrogens (tertiary/aromatic N) is 3. The number of benzene rings is 2.